The molecule has 2 rings (SSSR count). The van der Waals surface area contributed by atoms with E-state index in [-0.39, 0.29) is 12.1 Å². The smallest absolute Gasteiger partial charge is 0.418 e. The summed E-state index contributed by atoms with van der Waals surface area (Å²) < 4.78 is 10.8. The molecule has 0 N–H and O–H groups in total. The molecule has 19 heavy (non-hydrogen) atoms. The van der Waals surface area contributed by atoms with Gasteiger partial charge < -0.3 is 9.15 Å². The van der Waals surface area contributed by atoms with Crippen molar-refractivity contribution in [3.05, 3.63) is 12.5 Å². The van der Waals surface area contributed by atoms with Crippen molar-refractivity contribution in [2.75, 3.05) is 4.90 Å². The van der Waals surface area contributed by atoms with Crippen LogP contribution in [0.5, 0.6) is 0 Å². The molecular weight excluding hydrogens is 244 g/mol. The van der Waals surface area contributed by atoms with E-state index in [1.807, 2.05) is 20.8 Å². The third-order valence-electron chi connectivity index (χ3n) is 3.16. The fourth-order valence-electron chi connectivity index (χ4n) is 2.37. The minimum atomic E-state index is -0.517. The van der Waals surface area contributed by atoms with Gasteiger partial charge in [0.05, 0.1) is 6.20 Å². The summed E-state index contributed by atoms with van der Waals surface area (Å²) in [6, 6.07) is 0.461. The average molecular weight is 266 g/mol. The molecule has 1 aliphatic rings. The van der Waals surface area contributed by atoms with Gasteiger partial charge >= 0.3 is 12.1 Å². The van der Waals surface area contributed by atoms with Gasteiger partial charge in [0.15, 0.2) is 0 Å². The van der Waals surface area contributed by atoms with Gasteiger partial charge in [-0.1, -0.05) is 19.3 Å². The van der Waals surface area contributed by atoms with Crippen molar-refractivity contribution < 1.29 is 13.9 Å². The Morgan fingerprint density at radius 1 is 1.37 bits per heavy atom. The summed E-state index contributed by atoms with van der Waals surface area (Å²) in [7, 11) is 0. The number of hydrogen-bond donors (Lipinski definition) is 0. The number of oxazole rings is 1. The predicted octanol–water partition coefficient (Wildman–Crippen LogP) is 3.75. The van der Waals surface area contributed by atoms with E-state index in [1.165, 1.54) is 12.7 Å². The summed E-state index contributed by atoms with van der Waals surface area (Å²) in [6.45, 7) is 5.58. The maximum absolute atomic E-state index is 12.4. The molecule has 0 radical (unpaired) electrons. The number of nitrogens with zero attached hydrogens (tertiary/aromatic N) is 2. The van der Waals surface area contributed by atoms with Gasteiger partial charge in [-0.2, -0.15) is 0 Å². The van der Waals surface area contributed by atoms with Crippen LogP contribution in [0.1, 0.15) is 52.9 Å². The van der Waals surface area contributed by atoms with Crippen molar-refractivity contribution in [1.82, 2.24) is 4.98 Å². The van der Waals surface area contributed by atoms with Crippen molar-refractivity contribution in [2.24, 2.45) is 0 Å². The predicted molar refractivity (Wildman–Crippen MR) is 72.1 cm³/mol. The number of hydrogen-bond acceptors (Lipinski definition) is 4. The van der Waals surface area contributed by atoms with Crippen LogP contribution in [-0.4, -0.2) is 22.7 Å². The molecule has 5 heteroatoms. The summed E-state index contributed by atoms with van der Waals surface area (Å²) in [5, 5.41) is 0. The molecule has 1 heterocycles. The zero-order valence-electron chi connectivity index (χ0n) is 11.9. The molecule has 0 unspecified atom stereocenters. The molecule has 1 aromatic rings. The van der Waals surface area contributed by atoms with Gasteiger partial charge in [-0.15, -0.1) is 0 Å². The number of rotatable bonds is 2. The molecular formula is C14H22N2O3. The van der Waals surface area contributed by atoms with E-state index in [0.29, 0.717) is 6.01 Å². The quantitative estimate of drug-likeness (QED) is 0.818. The zero-order valence-corrected chi connectivity index (χ0v) is 11.9. The number of carbonyl (C=O) groups is 1. The highest BCUT2D eigenvalue weighted by molar-refractivity contribution is 5.85. The first-order valence-electron chi connectivity index (χ1n) is 6.89. The topological polar surface area (TPSA) is 55.6 Å². The minimum Gasteiger partial charge on any atom is -0.443 e. The number of amides is 1. The van der Waals surface area contributed by atoms with Crippen molar-refractivity contribution in [2.45, 2.75) is 64.5 Å². The van der Waals surface area contributed by atoms with Crippen LogP contribution in [0.3, 0.4) is 0 Å². The van der Waals surface area contributed by atoms with Gasteiger partial charge in [0.1, 0.15) is 11.9 Å². The maximum atomic E-state index is 12.4. The zero-order chi connectivity index (χ0) is 13.9. The van der Waals surface area contributed by atoms with Gasteiger partial charge in [0.25, 0.3) is 0 Å². The molecule has 0 atom stereocenters. The van der Waals surface area contributed by atoms with Crippen LogP contribution in [0.15, 0.2) is 16.9 Å². The lowest BCUT2D eigenvalue weighted by atomic mass is 9.94. The van der Waals surface area contributed by atoms with Crippen molar-refractivity contribution >= 4 is 12.1 Å². The number of aromatic nitrogens is 1. The highest BCUT2D eigenvalue weighted by Crippen LogP contribution is 2.28. The molecule has 0 aromatic carbocycles. The fraction of sp³-hybridized carbons (Fsp3) is 0.714. The fourth-order valence-corrected chi connectivity index (χ4v) is 2.37. The third-order valence-corrected chi connectivity index (χ3v) is 3.16. The second-order valence-corrected chi connectivity index (χ2v) is 5.96. The first-order chi connectivity index (χ1) is 8.97. The van der Waals surface area contributed by atoms with E-state index in [0.717, 1.165) is 25.7 Å². The third kappa shape index (κ3) is 3.72. The van der Waals surface area contributed by atoms with Gasteiger partial charge in [-0.3, -0.25) is 0 Å². The normalized spacial score (nSPS) is 17.2. The Hall–Kier alpha value is -1.52. The Kier molecular flexibility index (Phi) is 4.12. The van der Waals surface area contributed by atoms with E-state index >= 15 is 0 Å². The van der Waals surface area contributed by atoms with Gasteiger partial charge in [-0.25, -0.2) is 14.7 Å². The summed E-state index contributed by atoms with van der Waals surface area (Å²) in [6.07, 6.45) is 8.09. The summed E-state index contributed by atoms with van der Waals surface area (Å²) in [5.74, 6) is 0. The number of anilines is 1. The highest BCUT2D eigenvalue weighted by atomic mass is 16.6. The molecule has 1 amide bonds. The van der Waals surface area contributed by atoms with E-state index in [4.69, 9.17) is 9.15 Å². The molecule has 0 bridgehead atoms. The lowest BCUT2D eigenvalue weighted by molar-refractivity contribution is 0.0549. The SMILES string of the molecule is CC(C)(C)OC(=O)N(c1ncco1)C1CCCCC1. The number of carbonyl (C=O) groups excluding carboxylic acids is 1. The van der Waals surface area contributed by atoms with E-state index in [1.54, 1.807) is 11.1 Å². The Morgan fingerprint density at radius 3 is 2.58 bits per heavy atom. The number of ether oxygens (including phenoxy) is 1. The molecule has 1 saturated carbocycles. The lowest BCUT2D eigenvalue weighted by Crippen LogP contribution is -2.44. The molecule has 0 spiro atoms. The van der Waals surface area contributed by atoms with Gasteiger partial charge in [-0.05, 0) is 33.6 Å². The van der Waals surface area contributed by atoms with Gasteiger partial charge in [0, 0.05) is 6.04 Å². The molecule has 106 valence electrons. The van der Waals surface area contributed by atoms with Gasteiger partial charge in [0.2, 0.25) is 0 Å². The molecule has 0 saturated heterocycles. The van der Waals surface area contributed by atoms with Crippen LogP contribution in [0.2, 0.25) is 0 Å². The Morgan fingerprint density at radius 2 is 2.05 bits per heavy atom. The molecule has 1 fully saturated rings. The van der Waals surface area contributed by atoms with Crippen LogP contribution < -0.4 is 4.90 Å². The van der Waals surface area contributed by atoms with Crippen LogP contribution >= 0.6 is 0 Å². The van der Waals surface area contributed by atoms with Crippen molar-refractivity contribution in [1.29, 1.82) is 0 Å². The van der Waals surface area contributed by atoms with E-state index in [2.05, 4.69) is 4.98 Å². The van der Waals surface area contributed by atoms with Crippen LogP contribution in [0, 0.1) is 0 Å². The lowest BCUT2D eigenvalue weighted by Gasteiger charge is -2.33. The summed E-state index contributed by atoms with van der Waals surface area (Å²) in [5.41, 5.74) is -0.517. The molecule has 0 aliphatic heterocycles. The first kappa shape index (κ1) is 13.9. The average Bonchev–Trinajstić information content (AvgIpc) is 2.82. The Labute approximate surface area is 113 Å². The second-order valence-electron chi connectivity index (χ2n) is 5.96. The Balaban J connectivity index is 2.16. The van der Waals surface area contributed by atoms with E-state index in [9.17, 15) is 4.79 Å². The Bertz CT molecular complexity index is 403. The minimum absolute atomic E-state index is 0.127. The largest absolute Gasteiger partial charge is 0.443 e. The van der Waals surface area contributed by atoms with Crippen molar-refractivity contribution in [3.8, 4) is 0 Å². The van der Waals surface area contributed by atoms with E-state index < -0.39 is 5.60 Å². The van der Waals surface area contributed by atoms with Crippen LogP contribution in [0.25, 0.3) is 0 Å². The highest BCUT2D eigenvalue weighted by Gasteiger charge is 2.33. The summed E-state index contributed by atoms with van der Waals surface area (Å²) in [4.78, 5) is 18.0. The molecule has 5 nitrogen and oxygen atoms in total. The van der Waals surface area contributed by atoms with Crippen molar-refractivity contribution in [3.63, 3.8) is 0 Å². The van der Waals surface area contributed by atoms with Crippen LogP contribution in [0.4, 0.5) is 10.8 Å². The standard InChI is InChI=1S/C14H22N2O3/c1-14(2,3)19-13(17)16(12-15-9-10-18-12)11-7-5-4-6-8-11/h9-11H,4-8H2,1-3H3. The first-order valence-corrected chi connectivity index (χ1v) is 6.89. The molecule has 1 aromatic heterocycles. The van der Waals surface area contributed by atoms with Crippen LogP contribution in [-0.2, 0) is 4.74 Å². The summed E-state index contributed by atoms with van der Waals surface area (Å²) >= 11 is 0. The second kappa shape index (κ2) is 5.63. The monoisotopic (exact) mass is 266 g/mol. The molecule has 1 aliphatic carbocycles. The maximum Gasteiger partial charge on any atom is 0.418 e.